The number of rotatable bonds is 8. The summed E-state index contributed by atoms with van der Waals surface area (Å²) in [5.74, 6) is 0.440. The van der Waals surface area contributed by atoms with Gasteiger partial charge in [0.25, 0.3) is 5.91 Å². The number of amides is 1. The summed E-state index contributed by atoms with van der Waals surface area (Å²) in [6.07, 6.45) is 3.38. The lowest BCUT2D eigenvalue weighted by molar-refractivity contribution is 0.0679. The first-order valence-electron chi connectivity index (χ1n) is 10.5. The second-order valence-electron chi connectivity index (χ2n) is 7.74. The molecule has 0 radical (unpaired) electrons. The SMILES string of the molecule is CN(c1ccc(-c2csc(NC(=O)c3ccc(OCC4CCCO4)cc3)n2)cc1)S(C)(=O)=O. The zero-order valence-corrected chi connectivity index (χ0v) is 20.0. The zero-order valence-electron chi connectivity index (χ0n) is 18.4. The Labute approximate surface area is 197 Å². The van der Waals surface area contributed by atoms with Crippen LogP contribution in [0.1, 0.15) is 23.2 Å². The molecule has 1 atom stereocenters. The topological polar surface area (TPSA) is 97.8 Å². The summed E-state index contributed by atoms with van der Waals surface area (Å²) in [5.41, 5.74) is 2.59. The van der Waals surface area contributed by atoms with E-state index in [9.17, 15) is 13.2 Å². The second kappa shape index (κ2) is 9.90. The monoisotopic (exact) mass is 487 g/mol. The molecule has 1 saturated heterocycles. The number of carbonyl (C=O) groups is 1. The van der Waals surface area contributed by atoms with Gasteiger partial charge in [-0.15, -0.1) is 11.3 Å². The Morgan fingerprint density at radius 3 is 2.58 bits per heavy atom. The number of benzene rings is 2. The van der Waals surface area contributed by atoms with Crippen LogP contribution in [0.4, 0.5) is 10.8 Å². The van der Waals surface area contributed by atoms with Crippen LogP contribution in [0.3, 0.4) is 0 Å². The number of hydrogen-bond acceptors (Lipinski definition) is 7. The van der Waals surface area contributed by atoms with Gasteiger partial charge in [0.1, 0.15) is 12.4 Å². The van der Waals surface area contributed by atoms with Crippen LogP contribution in [0, 0.1) is 0 Å². The van der Waals surface area contributed by atoms with Crippen molar-refractivity contribution in [1.29, 1.82) is 0 Å². The molecule has 2 aromatic carbocycles. The number of nitrogens with zero attached hydrogens (tertiary/aromatic N) is 2. The van der Waals surface area contributed by atoms with Gasteiger partial charge in [-0.1, -0.05) is 12.1 Å². The van der Waals surface area contributed by atoms with Crippen molar-refractivity contribution >= 4 is 38.1 Å². The minimum absolute atomic E-state index is 0.142. The quantitative estimate of drug-likeness (QED) is 0.516. The first-order chi connectivity index (χ1) is 15.8. The average molecular weight is 488 g/mol. The Morgan fingerprint density at radius 2 is 1.94 bits per heavy atom. The highest BCUT2D eigenvalue weighted by molar-refractivity contribution is 7.92. The van der Waals surface area contributed by atoms with Crippen LogP contribution in [0.25, 0.3) is 11.3 Å². The van der Waals surface area contributed by atoms with Crippen molar-refractivity contribution < 1.29 is 22.7 Å². The summed E-state index contributed by atoms with van der Waals surface area (Å²) >= 11 is 1.32. The molecule has 1 amide bonds. The fourth-order valence-corrected chi connectivity index (χ4v) is 4.55. The minimum atomic E-state index is -3.32. The van der Waals surface area contributed by atoms with Crippen LogP contribution in [-0.2, 0) is 14.8 Å². The molecule has 0 aliphatic carbocycles. The van der Waals surface area contributed by atoms with Crippen molar-refractivity contribution in [1.82, 2.24) is 4.98 Å². The second-order valence-corrected chi connectivity index (χ2v) is 10.6. The molecule has 1 aromatic heterocycles. The van der Waals surface area contributed by atoms with Gasteiger partial charge in [0.15, 0.2) is 5.13 Å². The van der Waals surface area contributed by atoms with Crippen molar-refractivity contribution in [2.45, 2.75) is 18.9 Å². The zero-order chi connectivity index (χ0) is 23.4. The molecule has 33 heavy (non-hydrogen) atoms. The predicted molar refractivity (Wildman–Crippen MR) is 130 cm³/mol. The Kier molecular flexibility index (Phi) is 6.96. The Balaban J connectivity index is 1.35. The van der Waals surface area contributed by atoms with Crippen LogP contribution in [0.15, 0.2) is 53.9 Å². The van der Waals surface area contributed by atoms with Crippen LogP contribution in [0.2, 0.25) is 0 Å². The largest absolute Gasteiger partial charge is 0.491 e. The molecule has 10 heteroatoms. The van der Waals surface area contributed by atoms with Gasteiger partial charge in [-0.2, -0.15) is 0 Å². The summed E-state index contributed by atoms with van der Waals surface area (Å²) < 4.78 is 35.8. The molecule has 1 unspecified atom stereocenters. The van der Waals surface area contributed by atoms with E-state index >= 15 is 0 Å². The lowest BCUT2D eigenvalue weighted by atomic mass is 10.1. The van der Waals surface area contributed by atoms with Gasteiger partial charge in [-0.05, 0) is 49.2 Å². The summed E-state index contributed by atoms with van der Waals surface area (Å²) in [5, 5.41) is 5.13. The fourth-order valence-electron chi connectivity index (χ4n) is 3.33. The van der Waals surface area contributed by atoms with Crippen molar-refractivity contribution in [2.75, 3.05) is 36.1 Å². The Bertz CT molecular complexity index is 1200. The average Bonchev–Trinajstić information content (AvgIpc) is 3.49. The highest BCUT2D eigenvalue weighted by Crippen LogP contribution is 2.27. The smallest absolute Gasteiger partial charge is 0.257 e. The third-order valence-electron chi connectivity index (χ3n) is 5.33. The molecular weight excluding hydrogens is 462 g/mol. The van der Waals surface area contributed by atoms with Crippen LogP contribution < -0.4 is 14.4 Å². The summed E-state index contributed by atoms with van der Waals surface area (Å²) in [6.45, 7) is 1.30. The third kappa shape index (κ3) is 5.89. The number of sulfonamides is 1. The van der Waals surface area contributed by atoms with Crippen LogP contribution in [-0.4, -0.2) is 51.9 Å². The first-order valence-corrected chi connectivity index (χ1v) is 13.2. The molecule has 0 bridgehead atoms. The van der Waals surface area contributed by atoms with E-state index in [1.165, 1.54) is 22.7 Å². The molecule has 1 fully saturated rings. The number of nitrogens with one attached hydrogen (secondary N) is 1. The van der Waals surface area contributed by atoms with Crippen LogP contribution >= 0.6 is 11.3 Å². The molecule has 2 heterocycles. The van der Waals surface area contributed by atoms with E-state index in [4.69, 9.17) is 9.47 Å². The van der Waals surface area contributed by atoms with E-state index in [1.807, 2.05) is 5.38 Å². The number of carbonyl (C=O) groups excluding carboxylic acids is 1. The molecule has 174 valence electrons. The molecule has 1 N–H and O–H groups in total. The third-order valence-corrected chi connectivity index (χ3v) is 7.29. The number of thiazole rings is 1. The number of anilines is 2. The minimum Gasteiger partial charge on any atom is -0.491 e. The molecule has 4 rings (SSSR count). The first kappa shape index (κ1) is 23.2. The standard InChI is InChI=1S/C23H25N3O5S2/c1-26(33(2,28)29)18-9-5-16(6-10-18)21-15-32-23(24-21)25-22(27)17-7-11-19(12-8-17)31-14-20-4-3-13-30-20/h5-12,15,20H,3-4,13-14H2,1-2H3,(H,24,25,27). The number of ether oxygens (including phenoxy) is 2. The van der Waals surface area contributed by atoms with Gasteiger partial charge in [0, 0.05) is 30.2 Å². The van der Waals surface area contributed by atoms with Gasteiger partial charge < -0.3 is 9.47 Å². The van der Waals surface area contributed by atoms with Crippen LogP contribution in [0.5, 0.6) is 5.75 Å². The van der Waals surface area contributed by atoms with Crippen molar-refractivity contribution in [2.24, 2.45) is 0 Å². The maximum Gasteiger partial charge on any atom is 0.257 e. The molecule has 1 aliphatic rings. The van der Waals surface area contributed by atoms with E-state index in [0.29, 0.717) is 34.4 Å². The van der Waals surface area contributed by atoms with Gasteiger partial charge in [-0.3, -0.25) is 14.4 Å². The van der Waals surface area contributed by atoms with Gasteiger partial charge >= 0.3 is 0 Å². The molecule has 0 saturated carbocycles. The fraction of sp³-hybridized carbons (Fsp3) is 0.304. The normalized spacial score (nSPS) is 15.9. The van der Waals surface area contributed by atoms with Gasteiger partial charge in [0.05, 0.1) is 23.7 Å². The summed E-state index contributed by atoms with van der Waals surface area (Å²) in [6, 6.07) is 14.0. The molecule has 3 aromatic rings. The summed E-state index contributed by atoms with van der Waals surface area (Å²) in [7, 11) is -1.82. The van der Waals surface area contributed by atoms with E-state index in [1.54, 1.807) is 48.5 Å². The molecule has 0 spiro atoms. The highest BCUT2D eigenvalue weighted by Gasteiger charge is 2.16. The van der Waals surface area contributed by atoms with Crippen molar-refractivity contribution in [3.05, 3.63) is 59.5 Å². The van der Waals surface area contributed by atoms with Crippen molar-refractivity contribution in [3.8, 4) is 17.0 Å². The Morgan fingerprint density at radius 1 is 1.21 bits per heavy atom. The van der Waals surface area contributed by atoms with E-state index in [-0.39, 0.29) is 12.0 Å². The van der Waals surface area contributed by atoms with E-state index < -0.39 is 10.0 Å². The number of hydrogen-bond donors (Lipinski definition) is 1. The Hall–Kier alpha value is -2.95. The maximum absolute atomic E-state index is 12.6. The van der Waals surface area contributed by atoms with Gasteiger partial charge in [-0.25, -0.2) is 13.4 Å². The lowest BCUT2D eigenvalue weighted by Gasteiger charge is -2.16. The van der Waals surface area contributed by atoms with Crippen molar-refractivity contribution in [3.63, 3.8) is 0 Å². The molecule has 1 aliphatic heterocycles. The van der Waals surface area contributed by atoms with E-state index in [0.717, 1.165) is 31.3 Å². The number of aromatic nitrogens is 1. The maximum atomic E-state index is 12.6. The molecule has 8 nitrogen and oxygen atoms in total. The van der Waals surface area contributed by atoms with E-state index in [2.05, 4.69) is 10.3 Å². The predicted octanol–water partition coefficient (Wildman–Crippen LogP) is 4.02. The van der Waals surface area contributed by atoms with Gasteiger partial charge in [0.2, 0.25) is 10.0 Å². The summed E-state index contributed by atoms with van der Waals surface area (Å²) in [4.78, 5) is 17.1. The lowest BCUT2D eigenvalue weighted by Crippen LogP contribution is -2.24. The highest BCUT2D eigenvalue weighted by atomic mass is 32.2. The molecular formula is C23H25N3O5S2.